The van der Waals surface area contributed by atoms with Gasteiger partial charge in [0, 0.05) is 31.1 Å². The molecule has 0 aromatic carbocycles. The molecule has 3 aliphatic rings. The van der Waals surface area contributed by atoms with Crippen molar-refractivity contribution in [1.82, 2.24) is 4.90 Å². The summed E-state index contributed by atoms with van der Waals surface area (Å²) < 4.78 is 0. The SMILES string of the molecule is O=C1CCN2C3=CCCCC3CCC2C1. The third-order valence-corrected chi connectivity index (χ3v) is 4.24. The van der Waals surface area contributed by atoms with Crippen molar-refractivity contribution in [2.75, 3.05) is 6.54 Å². The zero-order chi connectivity index (χ0) is 10.3. The molecule has 0 aromatic heterocycles. The third-order valence-electron chi connectivity index (χ3n) is 4.24. The second kappa shape index (κ2) is 3.66. The fourth-order valence-corrected chi connectivity index (χ4v) is 3.47. The van der Waals surface area contributed by atoms with Gasteiger partial charge in [0.05, 0.1) is 0 Å². The van der Waals surface area contributed by atoms with E-state index in [1.807, 2.05) is 0 Å². The summed E-state index contributed by atoms with van der Waals surface area (Å²) in [6.45, 7) is 0.992. The summed E-state index contributed by atoms with van der Waals surface area (Å²) in [5, 5.41) is 0. The first-order valence-corrected chi connectivity index (χ1v) is 6.33. The number of fused-ring (bicyclic) bond motifs is 3. The van der Waals surface area contributed by atoms with Crippen LogP contribution in [0, 0.1) is 5.92 Å². The molecule has 2 fully saturated rings. The molecule has 2 heterocycles. The van der Waals surface area contributed by atoms with Crippen LogP contribution in [0.2, 0.25) is 0 Å². The molecule has 0 aromatic rings. The smallest absolute Gasteiger partial charge is 0.136 e. The molecule has 0 radical (unpaired) electrons. The number of hydrogen-bond acceptors (Lipinski definition) is 2. The normalized spacial score (nSPS) is 35.6. The molecule has 2 heteroatoms. The Morgan fingerprint density at radius 3 is 3.13 bits per heavy atom. The predicted molar refractivity (Wildman–Crippen MR) is 59.4 cm³/mol. The second-order valence-corrected chi connectivity index (χ2v) is 5.17. The van der Waals surface area contributed by atoms with E-state index in [1.165, 1.54) is 32.1 Å². The molecule has 2 aliphatic heterocycles. The number of carbonyl (C=O) groups is 1. The van der Waals surface area contributed by atoms with Gasteiger partial charge in [-0.05, 0) is 38.0 Å². The number of allylic oxidation sites excluding steroid dienone is 2. The molecule has 82 valence electrons. The van der Waals surface area contributed by atoms with Gasteiger partial charge in [-0.2, -0.15) is 0 Å². The summed E-state index contributed by atoms with van der Waals surface area (Å²) in [7, 11) is 0. The Labute approximate surface area is 91.3 Å². The van der Waals surface area contributed by atoms with Gasteiger partial charge in [0.15, 0.2) is 0 Å². The van der Waals surface area contributed by atoms with Gasteiger partial charge in [-0.3, -0.25) is 4.79 Å². The highest BCUT2D eigenvalue weighted by molar-refractivity contribution is 5.80. The van der Waals surface area contributed by atoms with Crippen LogP contribution in [-0.4, -0.2) is 23.3 Å². The van der Waals surface area contributed by atoms with Crippen molar-refractivity contribution in [3.63, 3.8) is 0 Å². The van der Waals surface area contributed by atoms with Crippen molar-refractivity contribution in [3.8, 4) is 0 Å². The Morgan fingerprint density at radius 1 is 1.27 bits per heavy atom. The number of rotatable bonds is 0. The largest absolute Gasteiger partial charge is 0.371 e. The van der Waals surface area contributed by atoms with Gasteiger partial charge in [-0.15, -0.1) is 0 Å². The molecule has 0 spiro atoms. The number of carbonyl (C=O) groups excluding carboxylic acids is 1. The Morgan fingerprint density at radius 2 is 2.20 bits per heavy atom. The van der Waals surface area contributed by atoms with E-state index in [4.69, 9.17) is 0 Å². The fourth-order valence-electron chi connectivity index (χ4n) is 3.47. The summed E-state index contributed by atoms with van der Waals surface area (Å²) in [5.41, 5.74) is 1.59. The van der Waals surface area contributed by atoms with Gasteiger partial charge < -0.3 is 4.90 Å². The summed E-state index contributed by atoms with van der Waals surface area (Å²) in [6, 6.07) is 0.548. The minimum atomic E-state index is 0.478. The van der Waals surface area contributed by atoms with Crippen molar-refractivity contribution in [1.29, 1.82) is 0 Å². The molecule has 0 bridgehead atoms. The van der Waals surface area contributed by atoms with Crippen LogP contribution in [0.1, 0.15) is 44.9 Å². The molecule has 2 unspecified atom stereocenters. The maximum atomic E-state index is 11.4. The van der Waals surface area contributed by atoms with E-state index >= 15 is 0 Å². The highest BCUT2D eigenvalue weighted by Gasteiger charge is 2.36. The number of Topliss-reactive ketones (excluding diaryl/α,β-unsaturated/α-hetero) is 1. The molecule has 0 saturated carbocycles. The minimum Gasteiger partial charge on any atom is -0.371 e. The Hall–Kier alpha value is -0.790. The monoisotopic (exact) mass is 205 g/mol. The van der Waals surface area contributed by atoms with E-state index in [-0.39, 0.29) is 0 Å². The van der Waals surface area contributed by atoms with Crippen LogP contribution in [0.3, 0.4) is 0 Å². The van der Waals surface area contributed by atoms with E-state index < -0.39 is 0 Å². The van der Waals surface area contributed by atoms with Crippen LogP contribution in [0.4, 0.5) is 0 Å². The molecular formula is C13H19NO. The first-order valence-electron chi connectivity index (χ1n) is 6.33. The van der Waals surface area contributed by atoms with Gasteiger partial charge in [-0.1, -0.05) is 6.08 Å². The molecule has 2 atom stereocenters. The van der Waals surface area contributed by atoms with Crippen LogP contribution in [0.5, 0.6) is 0 Å². The average molecular weight is 205 g/mol. The first kappa shape index (κ1) is 9.44. The molecule has 1 aliphatic carbocycles. The molecule has 0 N–H and O–H groups in total. The van der Waals surface area contributed by atoms with Crippen molar-refractivity contribution in [2.45, 2.75) is 51.0 Å². The minimum absolute atomic E-state index is 0.478. The zero-order valence-corrected chi connectivity index (χ0v) is 9.24. The molecule has 0 amide bonds. The van der Waals surface area contributed by atoms with Crippen LogP contribution in [0.25, 0.3) is 0 Å². The van der Waals surface area contributed by atoms with Crippen LogP contribution in [0.15, 0.2) is 11.8 Å². The van der Waals surface area contributed by atoms with Crippen molar-refractivity contribution in [2.24, 2.45) is 5.92 Å². The fraction of sp³-hybridized carbons (Fsp3) is 0.769. The summed E-state index contributed by atoms with van der Waals surface area (Å²) in [5.74, 6) is 1.30. The Balaban J connectivity index is 1.83. The van der Waals surface area contributed by atoms with Crippen LogP contribution < -0.4 is 0 Å². The average Bonchev–Trinajstić information content (AvgIpc) is 2.28. The quantitative estimate of drug-likeness (QED) is 0.605. The molecule has 2 saturated heterocycles. The summed E-state index contributed by atoms with van der Waals surface area (Å²) >= 11 is 0. The Bertz CT molecular complexity index is 308. The zero-order valence-electron chi connectivity index (χ0n) is 9.24. The lowest BCUT2D eigenvalue weighted by Gasteiger charge is -2.47. The maximum absolute atomic E-state index is 11.4. The standard InChI is InChI=1S/C13H19NO/c15-12-7-8-14-11(9-12)6-5-10-3-1-2-4-13(10)14/h4,10-11H,1-3,5-9H2. The van der Waals surface area contributed by atoms with Gasteiger partial charge >= 0.3 is 0 Å². The summed E-state index contributed by atoms with van der Waals surface area (Å²) in [4.78, 5) is 14.0. The van der Waals surface area contributed by atoms with Crippen LogP contribution >= 0.6 is 0 Å². The van der Waals surface area contributed by atoms with E-state index in [0.29, 0.717) is 11.8 Å². The molecular weight excluding hydrogens is 186 g/mol. The topological polar surface area (TPSA) is 20.3 Å². The second-order valence-electron chi connectivity index (χ2n) is 5.17. The first-order chi connectivity index (χ1) is 7.34. The lowest BCUT2D eigenvalue weighted by molar-refractivity contribution is -0.123. The number of hydrogen-bond donors (Lipinski definition) is 0. The molecule has 3 rings (SSSR count). The van der Waals surface area contributed by atoms with E-state index in [1.54, 1.807) is 5.70 Å². The Kier molecular flexibility index (Phi) is 2.30. The van der Waals surface area contributed by atoms with Gasteiger partial charge in [-0.25, -0.2) is 0 Å². The molecule has 2 nitrogen and oxygen atoms in total. The van der Waals surface area contributed by atoms with E-state index in [9.17, 15) is 4.79 Å². The highest BCUT2D eigenvalue weighted by atomic mass is 16.1. The van der Waals surface area contributed by atoms with E-state index in [0.717, 1.165) is 25.3 Å². The van der Waals surface area contributed by atoms with Crippen molar-refractivity contribution in [3.05, 3.63) is 11.8 Å². The number of piperidine rings is 2. The summed E-state index contributed by atoms with van der Waals surface area (Å²) in [6.07, 6.45) is 10.6. The lowest BCUT2D eigenvalue weighted by Crippen LogP contribution is -2.47. The van der Waals surface area contributed by atoms with Gasteiger partial charge in [0.2, 0.25) is 0 Å². The van der Waals surface area contributed by atoms with E-state index in [2.05, 4.69) is 11.0 Å². The van der Waals surface area contributed by atoms with Gasteiger partial charge in [0.25, 0.3) is 0 Å². The lowest BCUT2D eigenvalue weighted by atomic mass is 9.79. The molecule has 15 heavy (non-hydrogen) atoms. The maximum Gasteiger partial charge on any atom is 0.136 e. The van der Waals surface area contributed by atoms with Crippen molar-refractivity contribution >= 4 is 5.78 Å². The van der Waals surface area contributed by atoms with Crippen LogP contribution in [-0.2, 0) is 4.79 Å². The highest BCUT2D eigenvalue weighted by Crippen LogP contribution is 2.40. The number of ketones is 1. The van der Waals surface area contributed by atoms with Crippen molar-refractivity contribution < 1.29 is 4.79 Å². The predicted octanol–water partition coefficient (Wildman–Crippen LogP) is 2.50. The third kappa shape index (κ3) is 1.60. The number of nitrogens with zero attached hydrogens (tertiary/aromatic N) is 1. The van der Waals surface area contributed by atoms with Gasteiger partial charge in [0.1, 0.15) is 5.78 Å².